The van der Waals surface area contributed by atoms with Gasteiger partial charge in [0.05, 0.1) is 0 Å². The second kappa shape index (κ2) is 5.51. The van der Waals surface area contributed by atoms with Crippen molar-refractivity contribution >= 4 is 11.8 Å². The van der Waals surface area contributed by atoms with Gasteiger partial charge in [-0.05, 0) is 32.3 Å². The normalized spacial score (nSPS) is 24.9. The molecule has 0 radical (unpaired) electrons. The summed E-state index contributed by atoms with van der Waals surface area (Å²) in [5.41, 5.74) is -0.860. The molecule has 1 N–H and O–H groups in total. The number of nitrogens with one attached hydrogen (secondary N) is 1. The van der Waals surface area contributed by atoms with Gasteiger partial charge in [-0.3, -0.25) is 9.59 Å². The molecule has 0 aliphatic carbocycles. The van der Waals surface area contributed by atoms with Crippen LogP contribution in [0, 0.1) is 0 Å². The first-order valence-electron chi connectivity index (χ1n) is 7.66. The number of rotatable bonds is 4. The minimum atomic E-state index is -0.944. The van der Waals surface area contributed by atoms with Gasteiger partial charge in [-0.2, -0.15) is 0 Å². The molecule has 1 unspecified atom stereocenters. The summed E-state index contributed by atoms with van der Waals surface area (Å²) in [6, 6.07) is 9.51. The lowest BCUT2D eigenvalue weighted by molar-refractivity contribution is -0.163. The van der Waals surface area contributed by atoms with E-state index in [9.17, 15) is 9.59 Å². The molecular formula is C17H24N2O2. The van der Waals surface area contributed by atoms with E-state index in [0.29, 0.717) is 19.4 Å². The van der Waals surface area contributed by atoms with E-state index in [4.69, 9.17) is 0 Å². The SMILES string of the molecule is CCN1C(=O)C(CC)(CC)NC(=O)C1(C)c1ccccc1. The van der Waals surface area contributed by atoms with E-state index in [1.54, 1.807) is 4.90 Å². The van der Waals surface area contributed by atoms with E-state index in [-0.39, 0.29) is 11.8 Å². The Morgan fingerprint density at radius 3 is 2.10 bits per heavy atom. The lowest BCUT2D eigenvalue weighted by Gasteiger charge is -2.51. The Labute approximate surface area is 126 Å². The van der Waals surface area contributed by atoms with Crippen LogP contribution in [0.15, 0.2) is 30.3 Å². The van der Waals surface area contributed by atoms with Crippen molar-refractivity contribution in [1.82, 2.24) is 10.2 Å². The van der Waals surface area contributed by atoms with Crippen molar-refractivity contribution in [2.45, 2.75) is 51.6 Å². The van der Waals surface area contributed by atoms with Crippen molar-refractivity contribution in [2.24, 2.45) is 0 Å². The van der Waals surface area contributed by atoms with Crippen LogP contribution in [0.25, 0.3) is 0 Å². The van der Waals surface area contributed by atoms with Gasteiger partial charge in [0.15, 0.2) is 0 Å². The van der Waals surface area contributed by atoms with Crippen LogP contribution in [0.4, 0.5) is 0 Å². The van der Waals surface area contributed by atoms with Crippen LogP contribution in [-0.2, 0) is 15.1 Å². The second-order valence-corrected chi connectivity index (χ2v) is 5.73. The van der Waals surface area contributed by atoms with E-state index < -0.39 is 11.1 Å². The maximum Gasteiger partial charge on any atom is 0.251 e. The van der Waals surface area contributed by atoms with Crippen LogP contribution in [0.3, 0.4) is 0 Å². The molecule has 114 valence electrons. The molecule has 0 aromatic heterocycles. The van der Waals surface area contributed by atoms with Gasteiger partial charge < -0.3 is 10.2 Å². The highest BCUT2D eigenvalue weighted by Crippen LogP contribution is 2.36. The standard InChI is InChI=1S/C17H24N2O2/c1-5-17(6-2)15(21)19(7-3)16(4,14(20)18-17)13-11-9-8-10-12-13/h8-12H,5-7H2,1-4H3,(H,18,20). The zero-order valence-electron chi connectivity index (χ0n) is 13.3. The number of benzene rings is 1. The van der Waals surface area contributed by atoms with Crippen molar-refractivity contribution in [2.75, 3.05) is 6.54 Å². The van der Waals surface area contributed by atoms with Gasteiger partial charge in [0.2, 0.25) is 5.91 Å². The van der Waals surface area contributed by atoms with Crippen LogP contribution >= 0.6 is 0 Å². The van der Waals surface area contributed by atoms with E-state index in [1.807, 2.05) is 58.0 Å². The zero-order chi connectivity index (χ0) is 15.7. The Hall–Kier alpha value is -1.84. The van der Waals surface area contributed by atoms with Gasteiger partial charge in [-0.25, -0.2) is 0 Å². The summed E-state index contributed by atoms with van der Waals surface area (Å²) in [7, 11) is 0. The lowest BCUT2D eigenvalue weighted by atomic mass is 9.79. The average Bonchev–Trinajstić information content (AvgIpc) is 2.52. The van der Waals surface area contributed by atoms with Crippen molar-refractivity contribution in [3.8, 4) is 0 Å². The monoisotopic (exact) mass is 288 g/mol. The van der Waals surface area contributed by atoms with Gasteiger partial charge in [0.25, 0.3) is 5.91 Å². The third kappa shape index (κ3) is 2.13. The molecule has 1 aliphatic heterocycles. The molecule has 0 spiro atoms. The number of carbonyl (C=O) groups excluding carboxylic acids is 2. The first-order chi connectivity index (χ1) is 9.96. The Bertz CT molecular complexity index is 537. The number of nitrogens with zero attached hydrogens (tertiary/aromatic N) is 1. The molecule has 1 saturated heterocycles. The van der Waals surface area contributed by atoms with Gasteiger partial charge in [-0.1, -0.05) is 44.2 Å². The van der Waals surface area contributed by atoms with Crippen LogP contribution in [0.5, 0.6) is 0 Å². The van der Waals surface area contributed by atoms with Crippen molar-refractivity contribution in [3.63, 3.8) is 0 Å². The van der Waals surface area contributed by atoms with E-state index >= 15 is 0 Å². The Morgan fingerprint density at radius 2 is 1.62 bits per heavy atom. The first kappa shape index (κ1) is 15.5. The smallest absolute Gasteiger partial charge is 0.251 e. The molecule has 1 heterocycles. The fourth-order valence-electron chi connectivity index (χ4n) is 3.22. The maximum atomic E-state index is 13.0. The summed E-state index contributed by atoms with van der Waals surface area (Å²) in [4.78, 5) is 27.6. The molecule has 2 amide bonds. The predicted octanol–water partition coefficient (Wildman–Crippen LogP) is 2.44. The largest absolute Gasteiger partial charge is 0.339 e. The van der Waals surface area contributed by atoms with Crippen LogP contribution in [0.1, 0.15) is 46.1 Å². The zero-order valence-corrected chi connectivity index (χ0v) is 13.3. The van der Waals surface area contributed by atoms with Gasteiger partial charge in [0, 0.05) is 6.54 Å². The third-order valence-electron chi connectivity index (χ3n) is 4.85. The summed E-state index contributed by atoms with van der Waals surface area (Å²) < 4.78 is 0. The Balaban J connectivity index is 2.55. The summed E-state index contributed by atoms with van der Waals surface area (Å²) in [6.45, 7) is 8.16. The Morgan fingerprint density at radius 1 is 1.05 bits per heavy atom. The summed E-state index contributed by atoms with van der Waals surface area (Å²) in [5.74, 6) is -0.0835. The number of amides is 2. The molecule has 0 saturated carbocycles. The molecular weight excluding hydrogens is 264 g/mol. The molecule has 4 nitrogen and oxygen atoms in total. The van der Waals surface area contributed by atoms with Crippen molar-refractivity contribution < 1.29 is 9.59 Å². The molecule has 1 fully saturated rings. The van der Waals surface area contributed by atoms with Gasteiger partial charge in [0.1, 0.15) is 11.1 Å². The van der Waals surface area contributed by atoms with Crippen LogP contribution in [-0.4, -0.2) is 28.8 Å². The van der Waals surface area contributed by atoms with Crippen molar-refractivity contribution in [1.29, 1.82) is 0 Å². The van der Waals surface area contributed by atoms with E-state index in [1.165, 1.54) is 0 Å². The second-order valence-electron chi connectivity index (χ2n) is 5.73. The molecule has 21 heavy (non-hydrogen) atoms. The number of hydrogen-bond donors (Lipinski definition) is 1. The average molecular weight is 288 g/mol. The van der Waals surface area contributed by atoms with E-state index in [2.05, 4.69) is 5.32 Å². The molecule has 0 bridgehead atoms. The highest BCUT2D eigenvalue weighted by Gasteiger charge is 2.55. The number of carbonyl (C=O) groups is 2. The van der Waals surface area contributed by atoms with E-state index in [0.717, 1.165) is 5.56 Å². The highest BCUT2D eigenvalue weighted by molar-refractivity contribution is 6.02. The molecule has 1 aromatic carbocycles. The fraction of sp³-hybridized carbons (Fsp3) is 0.529. The minimum absolute atomic E-state index is 0.0148. The van der Waals surface area contributed by atoms with Crippen LogP contribution in [0.2, 0.25) is 0 Å². The summed E-state index contributed by atoms with van der Waals surface area (Å²) in [5, 5.41) is 3.00. The lowest BCUT2D eigenvalue weighted by Crippen LogP contribution is -2.73. The number of hydrogen-bond acceptors (Lipinski definition) is 2. The molecule has 4 heteroatoms. The summed E-state index contributed by atoms with van der Waals surface area (Å²) in [6.07, 6.45) is 1.21. The molecule has 1 atom stereocenters. The first-order valence-corrected chi connectivity index (χ1v) is 7.66. The quantitative estimate of drug-likeness (QED) is 0.925. The minimum Gasteiger partial charge on any atom is -0.339 e. The summed E-state index contributed by atoms with van der Waals surface area (Å²) >= 11 is 0. The highest BCUT2D eigenvalue weighted by atomic mass is 16.2. The number of likely N-dealkylation sites (N-methyl/N-ethyl adjacent to an activating group) is 1. The Kier molecular flexibility index (Phi) is 4.08. The topological polar surface area (TPSA) is 49.4 Å². The predicted molar refractivity (Wildman–Crippen MR) is 82.6 cm³/mol. The van der Waals surface area contributed by atoms with Crippen LogP contribution < -0.4 is 5.32 Å². The van der Waals surface area contributed by atoms with Crippen molar-refractivity contribution in [3.05, 3.63) is 35.9 Å². The van der Waals surface area contributed by atoms with Gasteiger partial charge >= 0.3 is 0 Å². The van der Waals surface area contributed by atoms with Gasteiger partial charge in [-0.15, -0.1) is 0 Å². The maximum absolute atomic E-state index is 13.0. The fourth-order valence-corrected chi connectivity index (χ4v) is 3.22. The number of piperazine rings is 1. The molecule has 2 rings (SSSR count). The third-order valence-corrected chi connectivity index (χ3v) is 4.85. The molecule has 1 aliphatic rings. The molecule has 1 aromatic rings.